The minimum Gasteiger partial charge on any atom is -0.481 e. The van der Waals surface area contributed by atoms with Gasteiger partial charge in [0.15, 0.2) is 5.78 Å². The quantitative estimate of drug-likeness (QED) is 0.493. The van der Waals surface area contributed by atoms with Crippen molar-refractivity contribution in [3.05, 3.63) is 22.8 Å². The number of ketones is 1. The van der Waals surface area contributed by atoms with E-state index >= 15 is 0 Å². The number of carbonyl (C=O) groups excluding carboxylic acids is 1. The van der Waals surface area contributed by atoms with Crippen LogP contribution in [0.2, 0.25) is 0 Å². The summed E-state index contributed by atoms with van der Waals surface area (Å²) in [5, 5.41) is 9.29. The van der Waals surface area contributed by atoms with Gasteiger partial charge in [-0.1, -0.05) is 50.8 Å². The van der Waals surface area contributed by atoms with Crippen molar-refractivity contribution in [2.24, 2.45) is 23.2 Å². The Kier molecular flexibility index (Phi) is 5.72. The van der Waals surface area contributed by atoms with Crippen molar-refractivity contribution in [3.8, 4) is 0 Å². The molecule has 1 saturated carbocycles. The molecule has 0 amide bonds. The number of carboxylic acids is 1. The standard InChI is InChI=1S/C21H32O3/c1-6-7-8-9-16-14(3)15(12-18(16)22)10-13(2)11-17-19(20(23)24)21(17,4)5/h11,15,17,19H,6-10,12H2,1-5H3,(H,23,24)/t15?,17-,19+/m0/s1. The van der Waals surface area contributed by atoms with E-state index in [4.69, 9.17) is 0 Å². The van der Waals surface area contributed by atoms with E-state index < -0.39 is 5.97 Å². The maximum Gasteiger partial charge on any atom is 0.307 e. The molecule has 0 heterocycles. The molecule has 2 aliphatic rings. The van der Waals surface area contributed by atoms with E-state index in [1.165, 1.54) is 24.0 Å². The molecule has 0 saturated heterocycles. The lowest BCUT2D eigenvalue weighted by atomic mass is 9.93. The fourth-order valence-electron chi connectivity index (χ4n) is 4.30. The van der Waals surface area contributed by atoms with Crippen LogP contribution in [0.5, 0.6) is 0 Å². The minimum atomic E-state index is -0.695. The van der Waals surface area contributed by atoms with Crippen molar-refractivity contribution in [2.45, 2.75) is 73.1 Å². The van der Waals surface area contributed by atoms with Gasteiger partial charge in [0.25, 0.3) is 0 Å². The number of allylic oxidation sites excluding steroid dienone is 4. The molecule has 0 bridgehead atoms. The Morgan fingerprint density at radius 3 is 2.54 bits per heavy atom. The minimum absolute atomic E-state index is 0.125. The van der Waals surface area contributed by atoms with Gasteiger partial charge in [-0.3, -0.25) is 9.59 Å². The maximum atomic E-state index is 12.3. The molecule has 0 aliphatic heterocycles. The van der Waals surface area contributed by atoms with Crippen LogP contribution in [0, 0.1) is 23.2 Å². The molecule has 1 unspecified atom stereocenters. The Morgan fingerprint density at radius 1 is 1.33 bits per heavy atom. The molecule has 3 heteroatoms. The first-order chi connectivity index (χ1) is 11.2. The Morgan fingerprint density at radius 2 is 2.00 bits per heavy atom. The van der Waals surface area contributed by atoms with Crippen molar-refractivity contribution in [1.82, 2.24) is 0 Å². The summed E-state index contributed by atoms with van der Waals surface area (Å²) >= 11 is 0. The first-order valence-corrected chi connectivity index (χ1v) is 9.33. The molecule has 0 spiro atoms. The number of unbranched alkanes of at least 4 members (excludes halogenated alkanes) is 2. The third-order valence-corrected chi connectivity index (χ3v) is 6.10. The third kappa shape index (κ3) is 3.81. The summed E-state index contributed by atoms with van der Waals surface area (Å²) in [6.45, 7) is 10.4. The SMILES string of the molecule is CCCCCC1=C(C)C(CC(C)=C[C@H]2[C@H](C(=O)O)C2(C)C)CC1=O. The summed E-state index contributed by atoms with van der Waals surface area (Å²) in [6.07, 6.45) is 8.05. The highest BCUT2D eigenvalue weighted by Crippen LogP contribution is 2.59. The van der Waals surface area contributed by atoms with Crippen LogP contribution in [0.15, 0.2) is 22.8 Å². The van der Waals surface area contributed by atoms with Crippen molar-refractivity contribution in [1.29, 1.82) is 0 Å². The highest BCUT2D eigenvalue weighted by atomic mass is 16.4. The van der Waals surface area contributed by atoms with Crippen LogP contribution in [-0.4, -0.2) is 16.9 Å². The summed E-state index contributed by atoms with van der Waals surface area (Å²) in [5.41, 5.74) is 3.42. The molecular weight excluding hydrogens is 300 g/mol. The lowest BCUT2D eigenvalue weighted by molar-refractivity contribution is -0.139. The van der Waals surface area contributed by atoms with Crippen LogP contribution in [0.25, 0.3) is 0 Å². The van der Waals surface area contributed by atoms with Gasteiger partial charge in [0.2, 0.25) is 0 Å². The molecule has 134 valence electrons. The van der Waals surface area contributed by atoms with Crippen LogP contribution in [0.3, 0.4) is 0 Å². The lowest BCUT2D eigenvalue weighted by Gasteiger charge is -2.12. The summed E-state index contributed by atoms with van der Waals surface area (Å²) in [5.74, 6) is -0.189. The summed E-state index contributed by atoms with van der Waals surface area (Å²) in [4.78, 5) is 23.6. The van der Waals surface area contributed by atoms with Crippen LogP contribution < -0.4 is 0 Å². The van der Waals surface area contributed by atoms with Crippen molar-refractivity contribution >= 4 is 11.8 Å². The third-order valence-electron chi connectivity index (χ3n) is 6.10. The smallest absolute Gasteiger partial charge is 0.307 e. The van der Waals surface area contributed by atoms with E-state index in [2.05, 4.69) is 26.8 Å². The molecule has 1 N–H and O–H groups in total. The van der Waals surface area contributed by atoms with Crippen LogP contribution in [-0.2, 0) is 9.59 Å². The number of hydrogen-bond donors (Lipinski definition) is 1. The topological polar surface area (TPSA) is 54.4 Å². The van der Waals surface area contributed by atoms with Gasteiger partial charge >= 0.3 is 5.97 Å². The molecule has 3 atom stereocenters. The second kappa shape index (κ2) is 7.25. The predicted octanol–water partition coefficient (Wildman–Crippen LogP) is 5.17. The van der Waals surface area contributed by atoms with Gasteiger partial charge in [0.05, 0.1) is 5.92 Å². The molecule has 24 heavy (non-hydrogen) atoms. The molecule has 0 radical (unpaired) electrons. The Balaban J connectivity index is 2.00. The van der Waals surface area contributed by atoms with Crippen molar-refractivity contribution in [2.75, 3.05) is 0 Å². The second-order valence-electron chi connectivity index (χ2n) is 8.32. The fraction of sp³-hybridized carbons (Fsp3) is 0.714. The van der Waals surface area contributed by atoms with Gasteiger partial charge in [0, 0.05) is 6.42 Å². The van der Waals surface area contributed by atoms with Crippen LogP contribution in [0.4, 0.5) is 0 Å². The number of Topliss-reactive ketones (excluding diaryl/α,β-unsaturated/α-hetero) is 1. The van der Waals surface area contributed by atoms with Crippen molar-refractivity contribution < 1.29 is 14.7 Å². The van der Waals surface area contributed by atoms with Gasteiger partial charge in [-0.25, -0.2) is 0 Å². The molecule has 2 rings (SSSR count). The average Bonchev–Trinajstić information content (AvgIpc) is 2.91. The van der Waals surface area contributed by atoms with Crippen LogP contribution in [0.1, 0.15) is 73.1 Å². The zero-order chi connectivity index (χ0) is 18.1. The molecule has 0 aromatic rings. The Bertz CT molecular complexity index is 580. The zero-order valence-corrected chi connectivity index (χ0v) is 15.8. The van der Waals surface area contributed by atoms with Crippen LogP contribution >= 0.6 is 0 Å². The van der Waals surface area contributed by atoms with Gasteiger partial charge < -0.3 is 5.11 Å². The zero-order valence-electron chi connectivity index (χ0n) is 15.8. The predicted molar refractivity (Wildman–Crippen MR) is 96.7 cm³/mol. The highest BCUT2D eigenvalue weighted by Gasteiger charge is 2.60. The monoisotopic (exact) mass is 332 g/mol. The number of rotatable bonds is 8. The lowest BCUT2D eigenvalue weighted by Crippen LogP contribution is -2.03. The van der Waals surface area contributed by atoms with E-state index in [1.54, 1.807) is 0 Å². The molecule has 2 aliphatic carbocycles. The number of hydrogen-bond acceptors (Lipinski definition) is 2. The highest BCUT2D eigenvalue weighted by molar-refractivity contribution is 5.99. The number of aliphatic carboxylic acids is 1. The normalized spacial score (nSPS) is 29.3. The average molecular weight is 332 g/mol. The largest absolute Gasteiger partial charge is 0.481 e. The van der Waals surface area contributed by atoms with E-state index in [0.717, 1.165) is 24.8 Å². The molecule has 0 aromatic carbocycles. The summed E-state index contributed by atoms with van der Waals surface area (Å²) < 4.78 is 0. The van der Waals surface area contributed by atoms with Gasteiger partial charge in [-0.2, -0.15) is 0 Å². The van der Waals surface area contributed by atoms with E-state index in [9.17, 15) is 14.7 Å². The Labute approximate surface area is 146 Å². The van der Waals surface area contributed by atoms with Gasteiger partial charge in [-0.15, -0.1) is 0 Å². The number of carbonyl (C=O) groups is 2. The Hall–Kier alpha value is -1.38. The summed E-state index contributed by atoms with van der Waals surface area (Å²) in [6, 6.07) is 0. The van der Waals surface area contributed by atoms with E-state index in [0.29, 0.717) is 18.1 Å². The molecule has 1 fully saturated rings. The van der Waals surface area contributed by atoms with Gasteiger partial charge in [0.1, 0.15) is 0 Å². The molecule has 0 aromatic heterocycles. The first kappa shape index (κ1) is 19.0. The summed E-state index contributed by atoms with van der Waals surface area (Å²) in [7, 11) is 0. The van der Waals surface area contributed by atoms with Crippen molar-refractivity contribution in [3.63, 3.8) is 0 Å². The number of carboxylic acid groups (broad SMARTS) is 1. The fourth-order valence-corrected chi connectivity index (χ4v) is 4.30. The molecule has 3 nitrogen and oxygen atoms in total. The second-order valence-corrected chi connectivity index (χ2v) is 8.32. The maximum absolute atomic E-state index is 12.3. The van der Waals surface area contributed by atoms with Gasteiger partial charge in [-0.05, 0) is 55.9 Å². The van der Waals surface area contributed by atoms with E-state index in [-0.39, 0.29) is 17.3 Å². The van der Waals surface area contributed by atoms with E-state index in [1.807, 2.05) is 13.8 Å². The first-order valence-electron chi connectivity index (χ1n) is 9.33. The molecular formula is C21H32O3.